The van der Waals surface area contributed by atoms with E-state index in [0.29, 0.717) is 0 Å². The van der Waals surface area contributed by atoms with E-state index in [-0.39, 0.29) is 0 Å². The normalized spacial score (nSPS) is 21.4. The number of hydrogen-bond acceptors (Lipinski definition) is 1. The summed E-state index contributed by atoms with van der Waals surface area (Å²) in [6, 6.07) is 0. The SMILES string of the molecule is C=CS(=O)C1=CCCCC1. The van der Waals surface area contributed by atoms with E-state index in [4.69, 9.17) is 0 Å². The summed E-state index contributed by atoms with van der Waals surface area (Å²) >= 11 is 0. The smallest absolute Gasteiger partial charge is 0.0725 e. The number of allylic oxidation sites excluding steroid dienone is 2. The predicted molar refractivity (Wildman–Crippen MR) is 44.9 cm³/mol. The number of rotatable bonds is 2. The molecule has 1 rings (SSSR count). The third-order valence-electron chi connectivity index (χ3n) is 1.66. The summed E-state index contributed by atoms with van der Waals surface area (Å²) in [5.41, 5.74) is 0. The van der Waals surface area contributed by atoms with Crippen LogP contribution in [0.5, 0.6) is 0 Å². The average molecular weight is 156 g/mol. The molecule has 56 valence electrons. The zero-order valence-corrected chi connectivity index (χ0v) is 6.82. The molecule has 1 nitrogen and oxygen atoms in total. The fraction of sp³-hybridized carbons (Fsp3) is 0.500. The Morgan fingerprint density at radius 3 is 2.90 bits per heavy atom. The highest BCUT2D eigenvalue weighted by molar-refractivity contribution is 7.91. The summed E-state index contributed by atoms with van der Waals surface area (Å²) in [5.74, 6) is 0. The first-order valence-corrected chi connectivity index (χ1v) is 4.78. The number of hydrogen-bond donors (Lipinski definition) is 0. The van der Waals surface area contributed by atoms with Crippen LogP contribution >= 0.6 is 0 Å². The molecule has 0 fully saturated rings. The summed E-state index contributed by atoms with van der Waals surface area (Å²) in [6.45, 7) is 3.49. The Balaban J connectivity index is 2.61. The van der Waals surface area contributed by atoms with Gasteiger partial charge >= 0.3 is 0 Å². The van der Waals surface area contributed by atoms with Crippen molar-refractivity contribution in [3.05, 3.63) is 23.0 Å². The van der Waals surface area contributed by atoms with Crippen molar-refractivity contribution in [2.24, 2.45) is 0 Å². The highest BCUT2D eigenvalue weighted by Crippen LogP contribution is 2.20. The standard InChI is InChI=1S/C8H12OS/c1-2-10(9)8-6-4-3-5-7-8/h2,6H,1,3-5,7H2. The van der Waals surface area contributed by atoms with Gasteiger partial charge in [0.2, 0.25) is 0 Å². The quantitative estimate of drug-likeness (QED) is 0.599. The minimum Gasteiger partial charge on any atom is -0.250 e. The Kier molecular flexibility index (Phi) is 2.87. The van der Waals surface area contributed by atoms with Crippen LogP contribution in [0.15, 0.2) is 23.0 Å². The van der Waals surface area contributed by atoms with E-state index in [1.807, 2.05) is 0 Å². The van der Waals surface area contributed by atoms with Crippen LogP contribution in [0.25, 0.3) is 0 Å². The minimum atomic E-state index is -0.888. The van der Waals surface area contributed by atoms with Gasteiger partial charge in [-0.2, -0.15) is 0 Å². The highest BCUT2D eigenvalue weighted by atomic mass is 32.2. The van der Waals surface area contributed by atoms with Gasteiger partial charge in [-0.05, 0) is 31.1 Å². The molecule has 0 spiro atoms. The maximum absolute atomic E-state index is 11.1. The maximum Gasteiger partial charge on any atom is 0.0725 e. The summed E-state index contributed by atoms with van der Waals surface area (Å²) in [4.78, 5) is 1.07. The van der Waals surface area contributed by atoms with E-state index in [0.717, 1.165) is 17.7 Å². The second-order valence-corrected chi connectivity index (χ2v) is 3.83. The van der Waals surface area contributed by atoms with E-state index in [9.17, 15) is 4.21 Å². The molecule has 0 saturated carbocycles. The Morgan fingerprint density at radius 2 is 2.40 bits per heavy atom. The van der Waals surface area contributed by atoms with Crippen molar-refractivity contribution in [3.8, 4) is 0 Å². The Hall–Kier alpha value is -0.370. The first kappa shape index (κ1) is 7.73. The third-order valence-corrected chi connectivity index (χ3v) is 2.85. The van der Waals surface area contributed by atoms with E-state index >= 15 is 0 Å². The van der Waals surface area contributed by atoms with Crippen molar-refractivity contribution >= 4 is 10.8 Å². The van der Waals surface area contributed by atoms with Crippen LogP contribution in [0.1, 0.15) is 25.7 Å². The lowest BCUT2D eigenvalue weighted by atomic mass is 10.1. The van der Waals surface area contributed by atoms with Gasteiger partial charge in [0, 0.05) is 4.91 Å². The van der Waals surface area contributed by atoms with Gasteiger partial charge in [-0.15, -0.1) is 0 Å². The van der Waals surface area contributed by atoms with Crippen LogP contribution in [0.3, 0.4) is 0 Å². The van der Waals surface area contributed by atoms with E-state index < -0.39 is 10.8 Å². The van der Waals surface area contributed by atoms with Gasteiger partial charge in [-0.25, -0.2) is 0 Å². The van der Waals surface area contributed by atoms with Gasteiger partial charge in [0.15, 0.2) is 0 Å². The van der Waals surface area contributed by atoms with E-state index in [1.54, 1.807) is 0 Å². The van der Waals surface area contributed by atoms with E-state index in [1.165, 1.54) is 18.2 Å². The second kappa shape index (κ2) is 3.71. The zero-order chi connectivity index (χ0) is 7.40. The fourth-order valence-corrected chi connectivity index (χ4v) is 1.94. The predicted octanol–water partition coefficient (Wildman–Crippen LogP) is 2.34. The average Bonchev–Trinajstić information content (AvgIpc) is 2.05. The molecule has 0 heterocycles. The van der Waals surface area contributed by atoms with Crippen LogP contribution in [0.4, 0.5) is 0 Å². The van der Waals surface area contributed by atoms with Gasteiger partial charge in [-0.3, -0.25) is 4.21 Å². The molecular weight excluding hydrogens is 144 g/mol. The van der Waals surface area contributed by atoms with Crippen LogP contribution in [0, 0.1) is 0 Å². The van der Waals surface area contributed by atoms with E-state index in [2.05, 4.69) is 12.7 Å². The molecule has 0 amide bonds. The maximum atomic E-state index is 11.1. The summed E-state index contributed by atoms with van der Waals surface area (Å²) in [6.07, 6.45) is 6.61. The van der Waals surface area contributed by atoms with Crippen molar-refractivity contribution in [1.29, 1.82) is 0 Å². The molecule has 0 aromatic rings. The lowest BCUT2D eigenvalue weighted by molar-refractivity contribution is 0.680. The third kappa shape index (κ3) is 1.81. The molecular formula is C8H12OS. The van der Waals surface area contributed by atoms with Crippen molar-refractivity contribution in [2.75, 3.05) is 0 Å². The Labute approximate surface area is 64.3 Å². The molecule has 0 saturated heterocycles. The van der Waals surface area contributed by atoms with Crippen molar-refractivity contribution < 1.29 is 4.21 Å². The lowest BCUT2D eigenvalue weighted by Crippen LogP contribution is -1.95. The Morgan fingerprint density at radius 1 is 1.60 bits per heavy atom. The zero-order valence-electron chi connectivity index (χ0n) is 6.01. The van der Waals surface area contributed by atoms with Gasteiger partial charge in [0.25, 0.3) is 0 Å². The molecule has 0 N–H and O–H groups in total. The molecule has 0 aromatic carbocycles. The molecule has 0 aliphatic heterocycles. The van der Waals surface area contributed by atoms with Crippen LogP contribution in [0.2, 0.25) is 0 Å². The van der Waals surface area contributed by atoms with Crippen LogP contribution < -0.4 is 0 Å². The molecule has 2 heteroatoms. The molecule has 0 aromatic heterocycles. The Bertz CT molecular complexity index is 182. The molecule has 0 radical (unpaired) electrons. The van der Waals surface area contributed by atoms with Gasteiger partial charge in [0.05, 0.1) is 10.8 Å². The van der Waals surface area contributed by atoms with Crippen molar-refractivity contribution in [3.63, 3.8) is 0 Å². The first-order chi connectivity index (χ1) is 4.84. The molecule has 1 atom stereocenters. The molecule has 0 bridgehead atoms. The second-order valence-electron chi connectivity index (χ2n) is 2.38. The van der Waals surface area contributed by atoms with Gasteiger partial charge in [0.1, 0.15) is 0 Å². The highest BCUT2D eigenvalue weighted by Gasteiger charge is 2.06. The minimum absolute atomic E-state index is 0.888. The van der Waals surface area contributed by atoms with Crippen molar-refractivity contribution in [1.82, 2.24) is 0 Å². The van der Waals surface area contributed by atoms with Crippen LogP contribution in [-0.4, -0.2) is 4.21 Å². The van der Waals surface area contributed by atoms with Gasteiger partial charge in [-0.1, -0.05) is 12.7 Å². The molecule has 1 unspecified atom stereocenters. The monoisotopic (exact) mass is 156 g/mol. The molecule has 10 heavy (non-hydrogen) atoms. The molecule has 1 aliphatic rings. The van der Waals surface area contributed by atoms with Crippen molar-refractivity contribution in [2.45, 2.75) is 25.7 Å². The lowest BCUT2D eigenvalue weighted by Gasteiger charge is -2.08. The molecule has 1 aliphatic carbocycles. The van der Waals surface area contributed by atoms with Crippen LogP contribution in [-0.2, 0) is 10.8 Å². The largest absolute Gasteiger partial charge is 0.250 e. The summed E-state index contributed by atoms with van der Waals surface area (Å²) < 4.78 is 11.1. The first-order valence-electron chi connectivity index (χ1n) is 3.57. The van der Waals surface area contributed by atoms with Gasteiger partial charge < -0.3 is 0 Å². The topological polar surface area (TPSA) is 17.1 Å². The fourth-order valence-electron chi connectivity index (χ4n) is 1.10. The summed E-state index contributed by atoms with van der Waals surface area (Å²) in [7, 11) is -0.888. The summed E-state index contributed by atoms with van der Waals surface area (Å²) in [5, 5.41) is 1.51.